The van der Waals surface area contributed by atoms with E-state index >= 15 is 0 Å². The largest absolute Gasteiger partial charge is 0.395 e. The van der Waals surface area contributed by atoms with Crippen LogP contribution in [0.5, 0.6) is 0 Å². The summed E-state index contributed by atoms with van der Waals surface area (Å²) in [6.07, 6.45) is 1.01. The first-order valence-electron chi connectivity index (χ1n) is 7.27. The molecule has 0 aromatic heterocycles. The van der Waals surface area contributed by atoms with E-state index in [1.54, 1.807) is 24.3 Å². The number of hydrogen-bond acceptors (Lipinski definition) is 6. The van der Waals surface area contributed by atoms with Crippen LogP contribution in [0.3, 0.4) is 0 Å². The summed E-state index contributed by atoms with van der Waals surface area (Å²) >= 11 is 0. The summed E-state index contributed by atoms with van der Waals surface area (Å²) in [5, 5.41) is 12.4. The Morgan fingerprint density at radius 3 is 2.48 bits per heavy atom. The molecule has 1 aliphatic heterocycles. The second-order valence-electron chi connectivity index (χ2n) is 5.34. The number of rotatable bonds is 5. The first-order valence-corrected chi connectivity index (χ1v) is 8.71. The average molecular weight is 362 g/mol. The first-order chi connectivity index (χ1) is 11.8. The van der Waals surface area contributed by atoms with Gasteiger partial charge in [-0.1, -0.05) is 30.3 Å². The molecule has 0 fully saturated rings. The summed E-state index contributed by atoms with van der Waals surface area (Å²) < 4.78 is 33.3. The summed E-state index contributed by atoms with van der Waals surface area (Å²) in [4.78, 5) is 24.4. The van der Waals surface area contributed by atoms with Crippen molar-refractivity contribution < 1.29 is 27.7 Å². The van der Waals surface area contributed by atoms with Gasteiger partial charge in [0.2, 0.25) is 0 Å². The topological polar surface area (TPSA) is 124 Å². The van der Waals surface area contributed by atoms with Crippen LogP contribution in [0.15, 0.2) is 53.1 Å². The first kappa shape index (κ1) is 17.1. The van der Waals surface area contributed by atoms with Gasteiger partial charge in [0.25, 0.3) is 21.9 Å². The lowest BCUT2D eigenvalue weighted by molar-refractivity contribution is -0.137. The predicted molar refractivity (Wildman–Crippen MR) is 89.3 cm³/mol. The number of benzene rings is 2. The SMILES string of the molecule is O=C1C=C(Nc2ccc3ccccc3c2S(=O)(=O)O)C(=O)N1CCO. The third kappa shape index (κ3) is 3.12. The summed E-state index contributed by atoms with van der Waals surface area (Å²) in [6, 6.07) is 9.57. The van der Waals surface area contributed by atoms with Crippen molar-refractivity contribution in [2.24, 2.45) is 0 Å². The molecule has 0 spiro atoms. The third-order valence-corrected chi connectivity index (χ3v) is 4.70. The lowest BCUT2D eigenvalue weighted by atomic mass is 10.1. The number of carbonyl (C=O) groups is 2. The number of hydrogen-bond donors (Lipinski definition) is 3. The number of amides is 2. The zero-order valence-electron chi connectivity index (χ0n) is 12.8. The number of aliphatic hydroxyl groups is 1. The number of aliphatic hydroxyl groups excluding tert-OH is 1. The highest BCUT2D eigenvalue weighted by Crippen LogP contribution is 2.32. The normalized spacial score (nSPS) is 15.0. The molecule has 130 valence electrons. The van der Waals surface area contributed by atoms with Crippen molar-refractivity contribution in [1.82, 2.24) is 4.90 Å². The van der Waals surface area contributed by atoms with Crippen molar-refractivity contribution in [2.75, 3.05) is 18.5 Å². The Balaban J connectivity index is 2.07. The molecule has 1 heterocycles. The van der Waals surface area contributed by atoms with Gasteiger partial charge in [0, 0.05) is 11.5 Å². The molecular weight excluding hydrogens is 348 g/mol. The molecule has 1 aliphatic rings. The number of β-amino-alcohol motifs (C(OH)–C–C–N with tert-alkyl or cyclic N) is 1. The van der Waals surface area contributed by atoms with Crippen LogP contribution >= 0.6 is 0 Å². The second kappa shape index (κ2) is 6.28. The van der Waals surface area contributed by atoms with Crippen molar-refractivity contribution in [3.05, 3.63) is 48.2 Å². The lowest BCUT2D eigenvalue weighted by Crippen LogP contribution is -2.34. The maximum Gasteiger partial charge on any atom is 0.297 e. The van der Waals surface area contributed by atoms with E-state index in [4.69, 9.17) is 5.11 Å². The third-order valence-electron chi connectivity index (χ3n) is 3.74. The number of nitrogens with one attached hydrogen (secondary N) is 1. The molecule has 2 aromatic carbocycles. The maximum absolute atomic E-state index is 12.2. The Labute approximate surface area is 143 Å². The van der Waals surface area contributed by atoms with Crippen LogP contribution in [0.4, 0.5) is 5.69 Å². The number of nitrogens with zero attached hydrogens (tertiary/aromatic N) is 1. The minimum Gasteiger partial charge on any atom is -0.395 e. The van der Waals surface area contributed by atoms with Crippen molar-refractivity contribution in [3.8, 4) is 0 Å². The van der Waals surface area contributed by atoms with Gasteiger partial charge in [0.15, 0.2) is 0 Å². The number of carbonyl (C=O) groups excluding carboxylic acids is 2. The number of fused-ring (bicyclic) bond motifs is 1. The van der Waals surface area contributed by atoms with Gasteiger partial charge in [-0.2, -0.15) is 8.42 Å². The fraction of sp³-hybridized carbons (Fsp3) is 0.125. The lowest BCUT2D eigenvalue weighted by Gasteiger charge is -2.15. The Bertz CT molecular complexity index is 1010. The van der Waals surface area contributed by atoms with Gasteiger partial charge in [0.05, 0.1) is 18.8 Å². The summed E-state index contributed by atoms with van der Waals surface area (Å²) in [7, 11) is -4.60. The van der Waals surface area contributed by atoms with Crippen molar-refractivity contribution in [3.63, 3.8) is 0 Å². The van der Waals surface area contributed by atoms with Crippen LogP contribution in [0, 0.1) is 0 Å². The van der Waals surface area contributed by atoms with E-state index < -0.39 is 21.9 Å². The minimum atomic E-state index is -4.60. The van der Waals surface area contributed by atoms with Crippen LogP contribution in [0.2, 0.25) is 0 Å². The van der Waals surface area contributed by atoms with E-state index in [0.717, 1.165) is 11.0 Å². The molecule has 0 atom stereocenters. The molecule has 0 saturated heterocycles. The van der Waals surface area contributed by atoms with Crippen LogP contribution in [-0.2, 0) is 19.7 Å². The Morgan fingerprint density at radius 1 is 1.08 bits per heavy atom. The Morgan fingerprint density at radius 2 is 1.80 bits per heavy atom. The van der Waals surface area contributed by atoms with E-state index in [9.17, 15) is 22.6 Å². The summed E-state index contributed by atoms with van der Waals surface area (Å²) in [5.41, 5.74) is -0.168. The molecule has 0 unspecified atom stereocenters. The summed E-state index contributed by atoms with van der Waals surface area (Å²) in [5.74, 6) is -1.30. The van der Waals surface area contributed by atoms with Gasteiger partial charge in [-0.3, -0.25) is 19.0 Å². The van der Waals surface area contributed by atoms with Gasteiger partial charge in [-0.25, -0.2) is 0 Å². The quantitative estimate of drug-likeness (QED) is 0.529. The second-order valence-corrected chi connectivity index (χ2v) is 6.70. The molecule has 25 heavy (non-hydrogen) atoms. The Kier molecular flexibility index (Phi) is 4.29. The molecule has 0 bridgehead atoms. The molecule has 0 aliphatic carbocycles. The molecular formula is C16H14N2O6S. The van der Waals surface area contributed by atoms with Gasteiger partial charge in [0.1, 0.15) is 10.6 Å². The van der Waals surface area contributed by atoms with Gasteiger partial charge >= 0.3 is 0 Å². The minimum absolute atomic E-state index is 0.0283. The van der Waals surface area contributed by atoms with Crippen molar-refractivity contribution >= 4 is 38.4 Å². The maximum atomic E-state index is 12.2. The van der Waals surface area contributed by atoms with E-state index in [0.29, 0.717) is 5.39 Å². The van der Waals surface area contributed by atoms with Gasteiger partial charge in [-0.05, 0) is 11.5 Å². The van der Waals surface area contributed by atoms with E-state index in [1.807, 2.05) is 0 Å². The van der Waals surface area contributed by atoms with Crippen LogP contribution in [0.1, 0.15) is 0 Å². The van der Waals surface area contributed by atoms with Crippen molar-refractivity contribution in [1.29, 1.82) is 0 Å². The molecule has 3 N–H and O–H groups in total. The molecule has 3 rings (SSSR count). The van der Waals surface area contributed by atoms with E-state index in [2.05, 4.69) is 5.32 Å². The molecule has 0 saturated carbocycles. The smallest absolute Gasteiger partial charge is 0.297 e. The highest BCUT2D eigenvalue weighted by molar-refractivity contribution is 7.86. The molecule has 9 heteroatoms. The summed E-state index contributed by atoms with van der Waals surface area (Å²) in [6.45, 7) is -0.549. The van der Waals surface area contributed by atoms with Crippen LogP contribution in [-0.4, -0.2) is 47.9 Å². The molecule has 2 amide bonds. The molecule has 8 nitrogen and oxygen atoms in total. The van der Waals surface area contributed by atoms with Crippen molar-refractivity contribution in [2.45, 2.75) is 4.90 Å². The van der Waals surface area contributed by atoms with Gasteiger partial charge < -0.3 is 10.4 Å². The Hall–Kier alpha value is -2.75. The fourth-order valence-corrected chi connectivity index (χ4v) is 3.54. The highest BCUT2D eigenvalue weighted by Gasteiger charge is 2.31. The number of imide groups is 1. The van der Waals surface area contributed by atoms with E-state index in [1.165, 1.54) is 12.1 Å². The zero-order chi connectivity index (χ0) is 18.2. The monoisotopic (exact) mass is 362 g/mol. The average Bonchev–Trinajstić information content (AvgIpc) is 2.81. The predicted octanol–water partition coefficient (Wildman–Crippen LogP) is 0.743. The molecule has 0 radical (unpaired) electrons. The van der Waals surface area contributed by atoms with E-state index in [-0.39, 0.29) is 34.8 Å². The number of anilines is 1. The highest BCUT2D eigenvalue weighted by atomic mass is 32.2. The zero-order valence-corrected chi connectivity index (χ0v) is 13.7. The van der Waals surface area contributed by atoms with Crippen LogP contribution < -0.4 is 5.32 Å². The van der Waals surface area contributed by atoms with Crippen LogP contribution in [0.25, 0.3) is 10.8 Å². The standard InChI is InChI=1S/C16H14N2O6S/c19-8-7-18-14(20)9-13(16(18)21)17-12-6-5-10-3-1-2-4-11(10)15(12)25(22,23)24/h1-6,9,17,19H,7-8H2,(H,22,23,24). The fourth-order valence-electron chi connectivity index (χ4n) is 2.67. The van der Waals surface area contributed by atoms with Gasteiger partial charge in [-0.15, -0.1) is 0 Å². The molecule has 2 aromatic rings.